The highest BCUT2D eigenvalue weighted by atomic mass is 16.6. The lowest BCUT2D eigenvalue weighted by atomic mass is 10.0. The van der Waals surface area contributed by atoms with Crippen molar-refractivity contribution in [2.75, 3.05) is 27.4 Å². The summed E-state index contributed by atoms with van der Waals surface area (Å²) in [6.07, 6.45) is 1.02. The molecule has 29 heteroatoms. The first-order chi connectivity index (χ1) is 53.1. The van der Waals surface area contributed by atoms with E-state index >= 15 is 0 Å². The van der Waals surface area contributed by atoms with Crippen LogP contribution in [0, 0.1) is 41.5 Å². The highest BCUT2D eigenvalue weighted by molar-refractivity contribution is 5.84. The van der Waals surface area contributed by atoms with Crippen LogP contribution in [0.3, 0.4) is 0 Å². The summed E-state index contributed by atoms with van der Waals surface area (Å²) in [5.41, 5.74) is 7.48. The van der Waals surface area contributed by atoms with E-state index in [9.17, 15) is 73.5 Å². The summed E-state index contributed by atoms with van der Waals surface area (Å²) in [4.78, 5) is 119. The lowest BCUT2D eigenvalue weighted by molar-refractivity contribution is -0.147. The maximum absolute atomic E-state index is 12.4. The molecule has 0 spiro atoms. The third-order valence-electron chi connectivity index (χ3n) is 15.8. The van der Waals surface area contributed by atoms with Crippen molar-refractivity contribution in [2.24, 2.45) is 0 Å². The van der Waals surface area contributed by atoms with E-state index in [1.54, 1.807) is 110 Å². The van der Waals surface area contributed by atoms with Crippen LogP contribution in [-0.4, -0.2) is 171 Å². The molecular formula is C86H127N5O24. The van der Waals surface area contributed by atoms with Gasteiger partial charge in [0.15, 0.2) is 23.0 Å². The number of phenols is 4. The van der Waals surface area contributed by atoms with Crippen molar-refractivity contribution in [3.05, 3.63) is 152 Å². The number of carbonyl (C=O) groups excluding carboxylic acids is 9. The number of esters is 4. The zero-order valence-corrected chi connectivity index (χ0v) is 71.8. The number of carbonyl (C=O) groups is 10. The molecule has 115 heavy (non-hydrogen) atoms. The average molecular weight is 1610 g/mol. The molecule has 0 unspecified atom stereocenters. The van der Waals surface area contributed by atoms with Gasteiger partial charge >= 0.3 is 60.3 Å². The number of aryl methyl sites for hydroxylation is 6. The van der Waals surface area contributed by atoms with Gasteiger partial charge in [0.05, 0.1) is 27.4 Å². The number of aromatic hydroxyl groups is 4. The SMILES string of the molecule is CCCCOC(=O)[C@H](Cc1ccc(C)c(C)c1)NC(=O)OC(C)(C)C.CCCCOC(=O)[C@H](Cc1ccc(O)c(O)c1)NC(=O)OC(C)(C)C.COC(=O)[C@H](Cc1ccc(C)c(C)c1)NC(=O)OC(C)(C)C.COC(=O)[C@H](Cc1ccc(O)c(O)c1)NC(=O)OC(C)(C)C.Cc1ccc(C[C@H](NC(=O)OC(C)(C)C)C(=O)O)cc1C. The van der Waals surface area contributed by atoms with Gasteiger partial charge in [-0.25, -0.2) is 47.9 Å². The molecule has 0 fully saturated rings. The Morgan fingerprint density at radius 3 is 0.739 bits per heavy atom. The summed E-state index contributed by atoms with van der Waals surface area (Å²) in [6.45, 7) is 42.8. The van der Waals surface area contributed by atoms with Crippen molar-refractivity contribution in [3.8, 4) is 23.0 Å². The fourth-order valence-corrected chi connectivity index (χ4v) is 9.70. The molecule has 0 aliphatic carbocycles. The minimum Gasteiger partial charge on any atom is -0.504 e. The zero-order valence-electron chi connectivity index (χ0n) is 71.8. The van der Waals surface area contributed by atoms with Crippen LogP contribution in [0.4, 0.5) is 24.0 Å². The molecule has 5 amide bonds. The smallest absolute Gasteiger partial charge is 0.408 e. The molecule has 5 rings (SSSR count). The number of aliphatic carboxylic acids is 1. The molecule has 0 aromatic heterocycles. The number of methoxy groups -OCH3 is 2. The number of benzene rings is 5. The highest BCUT2D eigenvalue weighted by Gasteiger charge is 2.31. The van der Waals surface area contributed by atoms with Gasteiger partial charge < -0.3 is 94.7 Å². The van der Waals surface area contributed by atoms with Crippen LogP contribution in [-0.2, 0) is 98.7 Å². The number of nitrogens with one attached hydrogen (secondary N) is 5. The zero-order chi connectivity index (χ0) is 88.1. The van der Waals surface area contributed by atoms with Gasteiger partial charge in [-0.15, -0.1) is 0 Å². The van der Waals surface area contributed by atoms with Crippen LogP contribution < -0.4 is 26.6 Å². The number of carboxylic acids is 1. The second kappa shape index (κ2) is 48.3. The fraction of sp³-hybridized carbons (Fsp3) is 0.535. The van der Waals surface area contributed by atoms with Crippen molar-refractivity contribution < 1.29 is 116 Å². The van der Waals surface area contributed by atoms with Crippen molar-refractivity contribution in [3.63, 3.8) is 0 Å². The summed E-state index contributed by atoms with van der Waals surface area (Å²) in [7, 11) is 2.51. The molecule has 0 aliphatic heterocycles. The molecule has 0 aliphatic rings. The van der Waals surface area contributed by atoms with Crippen LogP contribution in [0.2, 0.25) is 0 Å². The normalized spacial score (nSPS) is 12.4. The third-order valence-corrected chi connectivity index (χ3v) is 15.8. The molecule has 0 bridgehead atoms. The second-order valence-electron chi connectivity index (χ2n) is 32.3. The second-order valence-corrected chi connectivity index (χ2v) is 32.3. The van der Waals surface area contributed by atoms with Crippen LogP contribution >= 0.6 is 0 Å². The number of alkyl carbamates (subject to hydrolysis) is 5. The summed E-state index contributed by atoms with van der Waals surface area (Å²) in [5, 5.41) is 59.5. The van der Waals surface area contributed by atoms with E-state index in [1.807, 2.05) is 110 Å². The van der Waals surface area contributed by atoms with Crippen molar-refractivity contribution in [1.29, 1.82) is 0 Å². The molecule has 5 aromatic carbocycles. The molecule has 0 saturated carbocycles. The first-order valence-electron chi connectivity index (χ1n) is 38.0. The number of ether oxygens (including phenoxy) is 9. The Morgan fingerprint density at radius 1 is 0.313 bits per heavy atom. The van der Waals surface area contributed by atoms with E-state index in [0.29, 0.717) is 30.6 Å². The van der Waals surface area contributed by atoms with Gasteiger partial charge in [-0.05, 0) is 244 Å². The number of unbranched alkanes of at least 4 members (excludes halogenated alkanes) is 2. The molecule has 0 saturated heterocycles. The maximum Gasteiger partial charge on any atom is 0.408 e. The minimum absolute atomic E-state index is 0.0831. The van der Waals surface area contributed by atoms with Gasteiger partial charge in [0, 0.05) is 32.1 Å². The summed E-state index contributed by atoms with van der Waals surface area (Å²) >= 11 is 0. The van der Waals surface area contributed by atoms with E-state index in [0.717, 1.165) is 64.6 Å². The van der Waals surface area contributed by atoms with E-state index in [4.69, 9.17) is 37.9 Å². The number of phenolic OH excluding ortho intramolecular Hbond substituents is 4. The van der Waals surface area contributed by atoms with Crippen LogP contribution in [0.25, 0.3) is 0 Å². The Balaban J connectivity index is 0.000000720. The Morgan fingerprint density at radius 2 is 0.530 bits per heavy atom. The maximum atomic E-state index is 12.4. The molecule has 5 atom stereocenters. The lowest BCUT2D eigenvalue weighted by Crippen LogP contribution is -2.45. The Hall–Kier alpha value is -11.0. The van der Waals surface area contributed by atoms with Gasteiger partial charge in [0.2, 0.25) is 0 Å². The van der Waals surface area contributed by atoms with E-state index in [-0.39, 0.29) is 48.9 Å². The van der Waals surface area contributed by atoms with Crippen LogP contribution in [0.15, 0.2) is 91.0 Å². The standard InChI is InChI=1S/C20H31NO4.C18H27NO6.C17H25NO4.C16H23NO4.C15H21NO6/c1-7-8-11-24-18(22)17(21-19(23)25-20(4,5)6)13-16-10-9-14(2)15(3)12-16;1-5-6-9-24-16(22)13(19-17(23)25-18(2,3)4)10-12-7-8-14(20)15(21)11-12;1-11-7-8-13(9-12(11)2)10-14(15(19)21-6)18-16(20)22-17(3,4)5;1-10-6-7-12(8-11(10)2)9-13(14(18)19)17-15(20)21-16(3,4)5;1-15(2,3)22-14(20)16-10(13(19)21-4)7-9-5-6-11(17)12(18)8-9/h9-10,12,17H,7-8,11,13H2,1-6H3,(H,21,23);7-8,11,13,20-21H,5-6,9-10H2,1-4H3,(H,19,23);7-9,14H,10H2,1-6H3,(H,18,20);6-8,13H,9H2,1-5H3,(H,17,20)(H,18,19);5-6,8,10,17-18H,7H2,1-4H3,(H,16,20)/t17-;13-;14-;13-;10-/m00000/s1. The van der Waals surface area contributed by atoms with Gasteiger partial charge in [-0.3, -0.25) is 0 Å². The average Bonchev–Trinajstić information content (AvgIpc) is 0.870. The Bertz CT molecular complexity index is 3780. The topological polar surface area (TPSA) is 415 Å². The largest absolute Gasteiger partial charge is 0.504 e. The van der Waals surface area contributed by atoms with Crippen molar-refractivity contribution in [2.45, 2.75) is 275 Å². The predicted octanol–water partition coefficient (Wildman–Crippen LogP) is 14.4. The molecule has 29 nitrogen and oxygen atoms in total. The van der Waals surface area contributed by atoms with Gasteiger partial charge in [-0.1, -0.05) is 93.4 Å². The first kappa shape index (κ1) is 102. The van der Waals surface area contributed by atoms with Gasteiger partial charge in [0.25, 0.3) is 0 Å². The highest BCUT2D eigenvalue weighted by Crippen LogP contribution is 2.28. The fourth-order valence-electron chi connectivity index (χ4n) is 9.70. The summed E-state index contributed by atoms with van der Waals surface area (Å²) < 4.78 is 45.7. The molecule has 0 radical (unpaired) electrons. The number of hydrogen-bond acceptors (Lipinski definition) is 23. The van der Waals surface area contributed by atoms with Crippen LogP contribution in [0.1, 0.15) is 205 Å². The van der Waals surface area contributed by atoms with E-state index < -0.39 is 119 Å². The number of rotatable bonds is 26. The van der Waals surface area contributed by atoms with Gasteiger partial charge in [0.1, 0.15) is 58.2 Å². The predicted molar refractivity (Wildman–Crippen MR) is 435 cm³/mol. The van der Waals surface area contributed by atoms with Crippen LogP contribution in [0.5, 0.6) is 23.0 Å². The first-order valence-corrected chi connectivity index (χ1v) is 38.0. The molecule has 640 valence electrons. The Kier molecular flexibility index (Phi) is 42.8. The monoisotopic (exact) mass is 1610 g/mol. The summed E-state index contributed by atoms with van der Waals surface area (Å²) in [5.74, 6) is -4.36. The van der Waals surface area contributed by atoms with Crippen molar-refractivity contribution in [1.82, 2.24) is 26.6 Å². The quantitative estimate of drug-likeness (QED) is 0.0106. The number of amides is 5. The molecule has 10 N–H and O–H groups in total. The lowest BCUT2D eigenvalue weighted by Gasteiger charge is -2.23. The number of carboxylic acid groups (broad SMARTS) is 1. The minimum atomic E-state index is -1.08. The van der Waals surface area contributed by atoms with Crippen molar-refractivity contribution >= 4 is 60.3 Å². The third kappa shape index (κ3) is 44.9. The van der Waals surface area contributed by atoms with E-state index in [1.165, 1.54) is 55.7 Å². The van der Waals surface area contributed by atoms with E-state index in [2.05, 4.69) is 31.3 Å². The Labute approximate surface area is 677 Å². The molecule has 0 heterocycles. The summed E-state index contributed by atoms with van der Waals surface area (Å²) in [6, 6.07) is 21.5. The molecular weight excluding hydrogens is 1490 g/mol. The molecule has 5 aromatic rings. The van der Waals surface area contributed by atoms with Gasteiger partial charge in [-0.2, -0.15) is 0 Å². The number of hydrogen-bond donors (Lipinski definition) is 10.